The number of aryl methyl sites for hydroxylation is 2. The molecule has 3 aromatic rings. The predicted molar refractivity (Wildman–Crippen MR) is 85.7 cm³/mol. The number of pyridine rings is 1. The number of halogens is 1. The van der Waals surface area contributed by atoms with Crippen LogP contribution in [0.1, 0.15) is 37.9 Å². The Labute approximate surface area is 124 Å². The highest BCUT2D eigenvalue weighted by Crippen LogP contribution is 2.28. The number of nitrogens with zero attached hydrogens (tertiary/aromatic N) is 2. The molecule has 0 aliphatic rings. The summed E-state index contributed by atoms with van der Waals surface area (Å²) in [5.74, 6) is 0. The zero-order valence-electron chi connectivity index (χ0n) is 12.0. The van der Waals surface area contributed by atoms with Gasteiger partial charge < -0.3 is 0 Å². The van der Waals surface area contributed by atoms with E-state index in [-0.39, 0.29) is 0 Å². The Hall–Kier alpha value is -1.54. The number of fused-ring (bicyclic) bond motifs is 3. The molecule has 0 saturated heterocycles. The summed E-state index contributed by atoms with van der Waals surface area (Å²) in [5, 5.41) is 7.83. The van der Waals surface area contributed by atoms with Crippen LogP contribution in [0, 0.1) is 0 Å². The second-order valence-electron chi connectivity index (χ2n) is 5.25. The second-order valence-corrected chi connectivity index (χ2v) is 5.69. The van der Waals surface area contributed by atoms with E-state index in [1.165, 1.54) is 40.4 Å². The molecule has 2 heterocycles. The molecule has 0 aliphatic heterocycles. The number of benzene rings is 1. The molecule has 2 nitrogen and oxygen atoms in total. The van der Waals surface area contributed by atoms with E-state index in [4.69, 9.17) is 11.6 Å². The quantitative estimate of drug-likeness (QED) is 0.656. The van der Waals surface area contributed by atoms with Gasteiger partial charge in [0.2, 0.25) is 0 Å². The maximum atomic E-state index is 6.18. The van der Waals surface area contributed by atoms with Crippen molar-refractivity contribution < 1.29 is 0 Å². The number of hydrogen-bond donors (Lipinski definition) is 0. The summed E-state index contributed by atoms with van der Waals surface area (Å²) in [6, 6.07) is 8.38. The fourth-order valence-electron chi connectivity index (χ4n) is 2.78. The summed E-state index contributed by atoms with van der Waals surface area (Å²) in [7, 11) is 0. The first kappa shape index (κ1) is 13.4. The van der Waals surface area contributed by atoms with Gasteiger partial charge in [-0.15, -0.1) is 0 Å². The minimum atomic E-state index is 0.781. The third-order valence-corrected chi connectivity index (χ3v) is 4.11. The van der Waals surface area contributed by atoms with Gasteiger partial charge in [-0.05, 0) is 48.4 Å². The predicted octanol–water partition coefficient (Wildman–Crippen LogP) is 5.05. The van der Waals surface area contributed by atoms with Crippen LogP contribution < -0.4 is 0 Å². The molecular weight excluding hydrogens is 268 g/mol. The molecule has 0 N–H and O–H groups in total. The fourth-order valence-corrected chi connectivity index (χ4v) is 2.95. The van der Waals surface area contributed by atoms with E-state index in [1.54, 1.807) is 0 Å². The molecule has 2 aromatic heterocycles. The number of hydrogen-bond acceptors (Lipinski definition) is 1. The van der Waals surface area contributed by atoms with Gasteiger partial charge in [0.15, 0.2) is 0 Å². The van der Waals surface area contributed by atoms with Crippen LogP contribution >= 0.6 is 11.6 Å². The molecule has 104 valence electrons. The first-order valence-electron chi connectivity index (χ1n) is 7.32. The topological polar surface area (TPSA) is 17.3 Å². The van der Waals surface area contributed by atoms with E-state index < -0.39 is 0 Å². The van der Waals surface area contributed by atoms with Crippen LogP contribution in [0.4, 0.5) is 0 Å². The van der Waals surface area contributed by atoms with Crippen molar-refractivity contribution in [2.24, 2.45) is 0 Å². The first-order chi connectivity index (χ1) is 9.74. The van der Waals surface area contributed by atoms with Crippen LogP contribution in [-0.2, 0) is 12.8 Å². The summed E-state index contributed by atoms with van der Waals surface area (Å²) in [4.78, 5) is 0. The molecule has 3 rings (SSSR count). The normalized spacial score (nSPS) is 11.6. The minimum Gasteiger partial charge on any atom is -0.237 e. The van der Waals surface area contributed by atoms with Gasteiger partial charge in [0, 0.05) is 16.1 Å². The highest BCUT2D eigenvalue weighted by atomic mass is 35.5. The van der Waals surface area contributed by atoms with E-state index in [9.17, 15) is 0 Å². The molecule has 0 saturated carbocycles. The molecule has 0 unspecified atom stereocenters. The zero-order chi connectivity index (χ0) is 14.1. The van der Waals surface area contributed by atoms with Crippen LogP contribution in [0.5, 0.6) is 0 Å². The van der Waals surface area contributed by atoms with E-state index >= 15 is 0 Å². The van der Waals surface area contributed by atoms with Crippen molar-refractivity contribution in [2.75, 3.05) is 0 Å². The molecular formula is C17H19ClN2. The van der Waals surface area contributed by atoms with Gasteiger partial charge in [0.1, 0.15) is 0 Å². The fraction of sp³-hybridized carbons (Fsp3) is 0.353. The number of unbranched alkanes of at least 4 members (excludes halogenated alkanes) is 1. The maximum Gasteiger partial charge on any atom is 0.0775 e. The highest BCUT2D eigenvalue weighted by Gasteiger charge is 2.11. The van der Waals surface area contributed by atoms with Crippen LogP contribution in [0.15, 0.2) is 30.5 Å². The van der Waals surface area contributed by atoms with Crippen LogP contribution in [-0.4, -0.2) is 9.61 Å². The van der Waals surface area contributed by atoms with Crippen molar-refractivity contribution in [3.05, 3.63) is 46.7 Å². The van der Waals surface area contributed by atoms with Gasteiger partial charge >= 0.3 is 0 Å². The average Bonchev–Trinajstić information content (AvgIpc) is 2.89. The Bertz CT molecular complexity index is 758. The maximum absolute atomic E-state index is 6.18. The molecule has 1 aromatic carbocycles. The van der Waals surface area contributed by atoms with Crippen LogP contribution in [0.25, 0.3) is 16.3 Å². The Morgan fingerprint density at radius 3 is 2.80 bits per heavy atom. The summed E-state index contributed by atoms with van der Waals surface area (Å²) in [6.45, 7) is 4.39. The third-order valence-electron chi connectivity index (χ3n) is 3.88. The standard InChI is InChI=1S/C17H19ClN2/c1-3-5-6-15-9-13-7-8-14(18)10-16(13)17-12(4-2)11-19-20(15)17/h7-11H,3-6H2,1-2H3. The van der Waals surface area contributed by atoms with Gasteiger partial charge in [-0.1, -0.05) is 37.9 Å². The monoisotopic (exact) mass is 286 g/mol. The summed E-state index contributed by atoms with van der Waals surface area (Å²) < 4.78 is 2.10. The van der Waals surface area contributed by atoms with E-state index in [0.717, 1.165) is 17.9 Å². The van der Waals surface area contributed by atoms with Crippen molar-refractivity contribution in [1.29, 1.82) is 0 Å². The molecule has 0 aliphatic carbocycles. The van der Waals surface area contributed by atoms with Crippen molar-refractivity contribution in [3.63, 3.8) is 0 Å². The van der Waals surface area contributed by atoms with Gasteiger partial charge in [0.25, 0.3) is 0 Å². The average molecular weight is 287 g/mol. The van der Waals surface area contributed by atoms with Crippen molar-refractivity contribution >= 4 is 27.9 Å². The van der Waals surface area contributed by atoms with Gasteiger partial charge in [0.05, 0.1) is 11.7 Å². The van der Waals surface area contributed by atoms with Crippen molar-refractivity contribution in [2.45, 2.75) is 39.5 Å². The Morgan fingerprint density at radius 1 is 1.20 bits per heavy atom. The number of rotatable bonds is 4. The summed E-state index contributed by atoms with van der Waals surface area (Å²) in [5.41, 5.74) is 3.80. The summed E-state index contributed by atoms with van der Waals surface area (Å²) in [6.07, 6.45) is 6.43. The van der Waals surface area contributed by atoms with Gasteiger partial charge in [-0.2, -0.15) is 5.10 Å². The highest BCUT2D eigenvalue weighted by molar-refractivity contribution is 6.31. The lowest BCUT2D eigenvalue weighted by atomic mass is 10.0. The summed E-state index contributed by atoms with van der Waals surface area (Å²) >= 11 is 6.18. The molecule has 20 heavy (non-hydrogen) atoms. The molecule has 0 fully saturated rings. The molecule has 0 radical (unpaired) electrons. The van der Waals surface area contributed by atoms with Crippen LogP contribution in [0.3, 0.4) is 0 Å². The Balaban J connectivity index is 2.35. The lowest BCUT2D eigenvalue weighted by Gasteiger charge is -2.09. The van der Waals surface area contributed by atoms with Gasteiger partial charge in [-0.25, -0.2) is 4.52 Å². The Morgan fingerprint density at radius 2 is 2.05 bits per heavy atom. The SMILES string of the molecule is CCCCc1cc2ccc(Cl)cc2c2c(CC)cnn12. The first-order valence-corrected chi connectivity index (χ1v) is 7.70. The minimum absolute atomic E-state index is 0.781. The molecule has 3 heteroatoms. The molecule has 0 bridgehead atoms. The molecule has 0 amide bonds. The lowest BCUT2D eigenvalue weighted by Crippen LogP contribution is -2.00. The Kier molecular flexibility index (Phi) is 3.66. The zero-order valence-corrected chi connectivity index (χ0v) is 12.7. The van der Waals surface area contributed by atoms with E-state index in [0.29, 0.717) is 0 Å². The van der Waals surface area contributed by atoms with Crippen molar-refractivity contribution in [3.8, 4) is 0 Å². The second kappa shape index (κ2) is 5.45. The van der Waals surface area contributed by atoms with E-state index in [1.807, 2.05) is 12.3 Å². The van der Waals surface area contributed by atoms with Gasteiger partial charge in [-0.3, -0.25) is 0 Å². The largest absolute Gasteiger partial charge is 0.237 e. The number of aromatic nitrogens is 2. The lowest BCUT2D eigenvalue weighted by molar-refractivity contribution is 0.746. The van der Waals surface area contributed by atoms with Crippen molar-refractivity contribution in [1.82, 2.24) is 9.61 Å². The molecule has 0 atom stereocenters. The van der Waals surface area contributed by atoms with Crippen LogP contribution in [0.2, 0.25) is 5.02 Å². The van der Waals surface area contributed by atoms with E-state index in [2.05, 4.69) is 41.7 Å². The third kappa shape index (κ3) is 2.18. The smallest absolute Gasteiger partial charge is 0.0775 e. The molecule has 0 spiro atoms.